The number of amides is 1. The van der Waals surface area contributed by atoms with Crippen molar-refractivity contribution in [3.8, 4) is 5.75 Å². The molecule has 0 bridgehead atoms. The molecular formula is C27H33N3O4. The number of para-hydroxylation sites is 2. The number of hydrogen-bond acceptors (Lipinski definition) is 5. The molecule has 1 aliphatic heterocycles. The highest BCUT2D eigenvalue weighted by atomic mass is 16.5. The molecule has 0 saturated carbocycles. The lowest BCUT2D eigenvalue weighted by molar-refractivity contribution is -0.153. The summed E-state index contributed by atoms with van der Waals surface area (Å²) < 4.78 is 13.2. The van der Waals surface area contributed by atoms with E-state index in [0.717, 1.165) is 48.0 Å². The first kappa shape index (κ1) is 23.8. The number of aromatic nitrogens is 2. The largest absolute Gasteiger partial charge is 0.494 e. The standard InChI is InChI=1S/C27H33N3O4/c1-4-7-10-17-29-25(31)23(26(32)33-6-3)24(19-13-15-20(16-14-19)34-18-5-2)30-22-12-9-8-11-21(22)28-27(29)30/h8-9,11-16,23-24H,4-7,10,17-18H2,1-3H3/t23-,24-/m1/s1. The quantitative estimate of drug-likeness (QED) is 0.237. The van der Waals surface area contributed by atoms with Crippen LogP contribution in [-0.4, -0.2) is 41.2 Å². The van der Waals surface area contributed by atoms with Crippen LogP contribution in [0.2, 0.25) is 0 Å². The SMILES string of the molecule is CCCCCN1C(=O)[C@H](C(=O)OCC)[C@@H](c2ccc(OCCC)cc2)n2c1nc1ccccc12. The predicted molar refractivity (Wildman–Crippen MR) is 132 cm³/mol. The monoisotopic (exact) mass is 463 g/mol. The van der Waals surface area contributed by atoms with Crippen molar-refractivity contribution in [2.24, 2.45) is 5.92 Å². The van der Waals surface area contributed by atoms with Gasteiger partial charge in [0.15, 0.2) is 5.92 Å². The Morgan fingerprint density at radius 1 is 1.00 bits per heavy atom. The average molecular weight is 464 g/mol. The zero-order chi connectivity index (χ0) is 24.1. The molecule has 0 saturated heterocycles. The summed E-state index contributed by atoms with van der Waals surface area (Å²) in [6, 6.07) is 14.9. The Morgan fingerprint density at radius 2 is 1.76 bits per heavy atom. The lowest BCUT2D eigenvalue weighted by Crippen LogP contribution is -2.50. The maximum absolute atomic E-state index is 13.8. The van der Waals surface area contributed by atoms with Gasteiger partial charge < -0.3 is 14.0 Å². The molecule has 7 nitrogen and oxygen atoms in total. The minimum absolute atomic E-state index is 0.215. The van der Waals surface area contributed by atoms with Crippen LogP contribution in [0.25, 0.3) is 11.0 Å². The summed E-state index contributed by atoms with van der Waals surface area (Å²) in [5, 5.41) is 0. The van der Waals surface area contributed by atoms with Crippen LogP contribution < -0.4 is 9.64 Å². The van der Waals surface area contributed by atoms with Crippen LogP contribution in [0, 0.1) is 5.92 Å². The number of ether oxygens (including phenoxy) is 2. The molecule has 3 aromatic rings. The van der Waals surface area contributed by atoms with Gasteiger partial charge in [-0.25, -0.2) is 4.98 Å². The third-order valence-electron chi connectivity index (χ3n) is 6.16. The Bertz CT molecular complexity index is 1140. The van der Waals surface area contributed by atoms with E-state index in [1.165, 1.54) is 0 Å². The normalized spacial score (nSPS) is 17.6. The van der Waals surface area contributed by atoms with Crippen molar-refractivity contribution in [1.82, 2.24) is 9.55 Å². The number of nitrogens with zero attached hydrogens (tertiary/aromatic N) is 3. The van der Waals surface area contributed by atoms with Gasteiger partial charge in [0.2, 0.25) is 11.9 Å². The van der Waals surface area contributed by atoms with Gasteiger partial charge in [-0.15, -0.1) is 0 Å². The van der Waals surface area contributed by atoms with Gasteiger partial charge in [0.05, 0.1) is 30.3 Å². The number of hydrogen-bond donors (Lipinski definition) is 0. The van der Waals surface area contributed by atoms with Gasteiger partial charge in [-0.05, 0) is 49.6 Å². The van der Waals surface area contributed by atoms with E-state index in [2.05, 4.69) is 13.8 Å². The summed E-state index contributed by atoms with van der Waals surface area (Å²) >= 11 is 0. The van der Waals surface area contributed by atoms with Gasteiger partial charge in [0.25, 0.3) is 0 Å². The number of fused-ring (bicyclic) bond motifs is 3. The molecule has 0 N–H and O–H groups in total. The summed E-state index contributed by atoms with van der Waals surface area (Å²) in [6.45, 7) is 7.31. The second-order valence-electron chi connectivity index (χ2n) is 8.56. The highest BCUT2D eigenvalue weighted by molar-refractivity contribution is 6.08. The molecule has 4 rings (SSSR count). The van der Waals surface area contributed by atoms with Crippen LogP contribution >= 0.6 is 0 Å². The van der Waals surface area contributed by atoms with Crippen LogP contribution in [-0.2, 0) is 14.3 Å². The fourth-order valence-electron chi connectivity index (χ4n) is 4.56. The van der Waals surface area contributed by atoms with E-state index in [-0.39, 0.29) is 12.5 Å². The van der Waals surface area contributed by atoms with E-state index in [0.29, 0.717) is 19.1 Å². The average Bonchev–Trinajstić information content (AvgIpc) is 3.23. The molecule has 1 amide bonds. The summed E-state index contributed by atoms with van der Waals surface area (Å²) in [6.07, 6.45) is 3.79. The lowest BCUT2D eigenvalue weighted by Gasteiger charge is -2.38. The van der Waals surface area contributed by atoms with Crippen LogP contribution in [0.4, 0.5) is 5.95 Å². The van der Waals surface area contributed by atoms with Crippen LogP contribution in [0.15, 0.2) is 48.5 Å². The fourth-order valence-corrected chi connectivity index (χ4v) is 4.56. The first-order valence-electron chi connectivity index (χ1n) is 12.3. The van der Waals surface area contributed by atoms with Crippen LogP contribution in [0.5, 0.6) is 5.75 Å². The number of rotatable bonds is 10. The van der Waals surface area contributed by atoms with E-state index >= 15 is 0 Å². The molecule has 1 aromatic heterocycles. The number of benzene rings is 2. The van der Waals surface area contributed by atoms with Gasteiger partial charge in [-0.1, -0.05) is 51.0 Å². The zero-order valence-corrected chi connectivity index (χ0v) is 20.2. The third kappa shape index (κ3) is 4.52. The Hall–Kier alpha value is -3.35. The molecule has 2 atom stereocenters. The van der Waals surface area contributed by atoms with Gasteiger partial charge in [-0.2, -0.15) is 0 Å². The molecule has 0 unspecified atom stereocenters. The lowest BCUT2D eigenvalue weighted by atomic mass is 9.89. The van der Waals surface area contributed by atoms with Crippen molar-refractivity contribution in [1.29, 1.82) is 0 Å². The Labute approximate surface area is 200 Å². The van der Waals surface area contributed by atoms with Gasteiger partial charge in [0, 0.05) is 6.54 Å². The molecule has 2 heterocycles. The minimum atomic E-state index is -0.992. The summed E-state index contributed by atoms with van der Waals surface area (Å²) in [5.74, 6) is -0.410. The molecule has 34 heavy (non-hydrogen) atoms. The van der Waals surface area contributed by atoms with Crippen molar-refractivity contribution in [2.75, 3.05) is 24.7 Å². The molecule has 0 fully saturated rings. The molecule has 0 aliphatic carbocycles. The zero-order valence-electron chi connectivity index (χ0n) is 20.2. The second-order valence-corrected chi connectivity index (χ2v) is 8.56. The number of anilines is 1. The molecular weight excluding hydrogens is 430 g/mol. The smallest absolute Gasteiger partial charge is 0.321 e. The number of esters is 1. The number of unbranched alkanes of at least 4 members (excludes halogenated alkanes) is 2. The van der Waals surface area contributed by atoms with Gasteiger partial charge in [-0.3, -0.25) is 14.5 Å². The van der Waals surface area contributed by atoms with E-state index in [1.54, 1.807) is 11.8 Å². The molecule has 180 valence electrons. The van der Waals surface area contributed by atoms with Gasteiger partial charge in [0.1, 0.15) is 5.75 Å². The number of imidazole rings is 1. The summed E-state index contributed by atoms with van der Waals surface area (Å²) in [5.41, 5.74) is 2.52. The molecule has 0 spiro atoms. The van der Waals surface area contributed by atoms with Crippen molar-refractivity contribution < 1.29 is 19.1 Å². The van der Waals surface area contributed by atoms with Gasteiger partial charge >= 0.3 is 5.97 Å². The Morgan fingerprint density at radius 3 is 2.47 bits per heavy atom. The van der Waals surface area contributed by atoms with E-state index < -0.39 is 17.9 Å². The molecule has 0 radical (unpaired) electrons. The van der Waals surface area contributed by atoms with E-state index in [4.69, 9.17) is 14.5 Å². The molecule has 7 heteroatoms. The first-order valence-corrected chi connectivity index (χ1v) is 12.3. The maximum Gasteiger partial charge on any atom is 0.321 e. The highest BCUT2D eigenvalue weighted by Crippen LogP contribution is 2.41. The highest BCUT2D eigenvalue weighted by Gasteiger charge is 2.47. The number of carbonyl (C=O) groups is 2. The van der Waals surface area contributed by atoms with Crippen molar-refractivity contribution in [3.63, 3.8) is 0 Å². The fraction of sp³-hybridized carbons (Fsp3) is 0.444. The van der Waals surface area contributed by atoms with Crippen LogP contribution in [0.3, 0.4) is 0 Å². The summed E-state index contributed by atoms with van der Waals surface area (Å²) in [4.78, 5) is 33.5. The molecule has 1 aliphatic rings. The maximum atomic E-state index is 13.8. The summed E-state index contributed by atoms with van der Waals surface area (Å²) in [7, 11) is 0. The Kier molecular flexibility index (Phi) is 7.50. The third-order valence-corrected chi connectivity index (χ3v) is 6.16. The van der Waals surface area contributed by atoms with Crippen LogP contribution in [0.1, 0.15) is 58.1 Å². The number of carbonyl (C=O) groups excluding carboxylic acids is 2. The first-order chi connectivity index (χ1) is 16.6. The Balaban J connectivity index is 1.86. The van der Waals surface area contributed by atoms with Crippen molar-refractivity contribution in [3.05, 3.63) is 54.1 Å². The predicted octanol–water partition coefficient (Wildman–Crippen LogP) is 5.13. The van der Waals surface area contributed by atoms with Crippen molar-refractivity contribution >= 4 is 28.9 Å². The molecule has 2 aromatic carbocycles. The second kappa shape index (κ2) is 10.7. The van der Waals surface area contributed by atoms with E-state index in [9.17, 15) is 9.59 Å². The minimum Gasteiger partial charge on any atom is -0.494 e. The van der Waals surface area contributed by atoms with Crippen molar-refractivity contribution in [2.45, 2.75) is 52.5 Å². The topological polar surface area (TPSA) is 73.7 Å². The van der Waals surface area contributed by atoms with E-state index in [1.807, 2.05) is 53.1 Å².